The summed E-state index contributed by atoms with van der Waals surface area (Å²) in [6.45, 7) is 4.88. The van der Waals surface area contributed by atoms with Gasteiger partial charge in [-0.25, -0.2) is 0 Å². The highest BCUT2D eigenvalue weighted by Crippen LogP contribution is 2.27. The summed E-state index contributed by atoms with van der Waals surface area (Å²) in [5, 5.41) is 3.05. The van der Waals surface area contributed by atoms with Crippen molar-refractivity contribution in [2.45, 2.75) is 26.3 Å². The van der Waals surface area contributed by atoms with E-state index in [0.717, 1.165) is 43.7 Å². The maximum Gasteiger partial charge on any atom is 0.227 e. The van der Waals surface area contributed by atoms with Crippen LogP contribution in [0.25, 0.3) is 0 Å². The summed E-state index contributed by atoms with van der Waals surface area (Å²) in [6, 6.07) is 16.3. The van der Waals surface area contributed by atoms with Gasteiger partial charge in [0.05, 0.1) is 12.8 Å². The molecule has 1 fully saturated rings. The molecule has 1 aliphatic rings. The maximum atomic E-state index is 12.6. The number of ether oxygens (including phenoxy) is 1. The largest absolute Gasteiger partial charge is 0.495 e. The van der Waals surface area contributed by atoms with Gasteiger partial charge in [0.1, 0.15) is 5.75 Å². The van der Waals surface area contributed by atoms with E-state index < -0.39 is 0 Å². The Balaban J connectivity index is 1.54. The minimum atomic E-state index is 0.0669. The minimum Gasteiger partial charge on any atom is -0.495 e. The third kappa shape index (κ3) is 4.60. The average Bonchev–Trinajstić information content (AvgIpc) is 2.63. The van der Waals surface area contributed by atoms with Gasteiger partial charge in [0.25, 0.3) is 0 Å². The van der Waals surface area contributed by atoms with Gasteiger partial charge in [0.15, 0.2) is 0 Å². The topological polar surface area (TPSA) is 41.6 Å². The molecule has 0 spiro atoms. The summed E-state index contributed by atoms with van der Waals surface area (Å²) < 4.78 is 5.35. The summed E-state index contributed by atoms with van der Waals surface area (Å²) in [5.41, 5.74) is 3.20. The number of methoxy groups -OCH3 is 1. The van der Waals surface area contributed by atoms with Crippen LogP contribution in [0.5, 0.6) is 5.75 Å². The Morgan fingerprint density at radius 3 is 2.56 bits per heavy atom. The summed E-state index contributed by atoms with van der Waals surface area (Å²) >= 11 is 0. The van der Waals surface area contributed by atoms with Gasteiger partial charge in [-0.2, -0.15) is 0 Å². The molecule has 4 heteroatoms. The highest BCUT2D eigenvalue weighted by molar-refractivity contribution is 5.94. The Morgan fingerprint density at radius 1 is 1.16 bits per heavy atom. The van der Waals surface area contributed by atoms with E-state index >= 15 is 0 Å². The standard InChI is InChI=1S/C21H26N2O2/c1-16-8-9-20(25-2)19(14-16)22-21(24)18-10-12-23(13-11-18)15-17-6-4-3-5-7-17/h3-9,14,18H,10-13,15H2,1-2H3,(H,22,24). The first-order valence-electron chi connectivity index (χ1n) is 8.87. The zero-order valence-electron chi connectivity index (χ0n) is 15.0. The van der Waals surface area contributed by atoms with E-state index in [1.165, 1.54) is 5.56 Å². The molecule has 1 aliphatic heterocycles. The first kappa shape index (κ1) is 17.5. The van der Waals surface area contributed by atoms with Crippen LogP contribution in [0.15, 0.2) is 48.5 Å². The third-order valence-electron chi connectivity index (χ3n) is 4.82. The smallest absolute Gasteiger partial charge is 0.227 e. The van der Waals surface area contributed by atoms with Crippen molar-refractivity contribution < 1.29 is 9.53 Å². The van der Waals surface area contributed by atoms with Crippen molar-refractivity contribution in [3.05, 3.63) is 59.7 Å². The number of nitrogens with one attached hydrogen (secondary N) is 1. The number of hydrogen-bond acceptors (Lipinski definition) is 3. The lowest BCUT2D eigenvalue weighted by molar-refractivity contribution is -0.121. The van der Waals surface area contributed by atoms with Crippen LogP contribution < -0.4 is 10.1 Å². The molecule has 25 heavy (non-hydrogen) atoms. The van der Waals surface area contributed by atoms with Crippen LogP contribution in [-0.4, -0.2) is 31.0 Å². The zero-order chi connectivity index (χ0) is 17.6. The Hall–Kier alpha value is -2.33. The molecule has 1 heterocycles. The van der Waals surface area contributed by atoms with E-state index in [1.54, 1.807) is 7.11 Å². The van der Waals surface area contributed by atoms with E-state index in [9.17, 15) is 4.79 Å². The van der Waals surface area contributed by atoms with E-state index in [0.29, 0.717) is 5.75 Å². The van der Waals surface area contributed by atoms with E-state index in [2.05, 4.69) is 34.5 Å². The molecule has 4 nitrogen and oxygen atoms in total. The Labute approximate surface area is 149 Å². The maximum absolute atomic E-state index is 12.6. The van der Waals surface area contributed by atoms with Crippen LogP contribution in [0.1, 0.15) is 24.0 Å². The lowest BCUT2D eigenvalue weighted by atomic mass is 9.95. The molecular weight excluding hydrogens is 312 g/mol. The number of benzene rings is 2. The first-order valence-corrected chi connectivity index (χ1v) is 8.87. The number of amides is 1. The van der Waals surface area contributed by atoms with Gasteiger partial charge in [-0.1, -0.05) is 36.4 Å². The molecule has 1 N–H and O–H groups in total. The van der Waals surface area contributed by atoms with Crippen LogP contribution in [0, 0.1) is 12.8 Å². The van der Waals surface area contributed by atoms with Crippen LogP contribution in [0.2, 0.25) is 0 Å². The number of carbonyl (C=O) groups excluding carboxylic acids is 1. The van der Waals surface area contributed by atoms with Gasteiger partial charge in [0.2, 0.25) is 5.91 Å². The van der Waals surface area contributed by atoms with Gasteiger partial charge in [-0.15, -0.1) is 0 Å². The fourth-order valence-electron chi connectivity index (χ4n) is 3.35. The lowest BCUT2D eigenvalue weighted by Gasteiger charge is -2.31. The Bertz CT molecular complexity index is 707. The molecule has 0 bridgehead atoms. The van der Waals surface area contributed by atoms with Gasteiger partial charge in [0, 0.05) is 12.5 Å². The summed E-state index contributed by atoms with van der Waals surface area (Å²) in [5.74, 6) is 0.876. The van der Waals surface area contributed by atoms with Crippen molar-refractivity contribution in [2.75, 3.05) is 25.5 Å². The quantitative estimate of drug-likeness (QED) is 0.900. The summed E-state index contributed by atoms with van der Waals surface area (Å²) in [4.78, 5) is 15.0. The molecule has 0 radical (unpaired) electrons. The number of hydrogen-bond donors (Lipinski definition) is 1. The molecule has 2 aromatic rings. The third-order valence-corrected chi connectivity index (χ3v) is 4.82. The van der Waals surface area contributed by atoms with E-state index in [4.69, 9.17) is 4.74 Å². The highest BCUT2D eigenvalue weighted by Gasteiger charge is 2.25. The number of aryl methyl sites for hydroxylation is 1. The van der Waals surface area contributed by atoms with Crippen molar-refractivity contribution in [2.24, 2.45) is 5.92 Å². The van der Waals surface area contributed by atoms with Gasteiger partial charge in [-0.05, 0) is 56.1 Å². The molecule has 0 saturated carbocycles. The van der Waals surface area contributed by atoms with Crippen LogP contribution in [0.4, 0.5) is 5.69 Å². The van der Waals surface area contributed by atoms with Crippen LogP contribution in [0.3, 0.4) is 0 Å². The second-order valence-electron chi connectivity index (χ2n) is 6.73. The molecule has 0 aromatic heterocycles. The normalized spacial score (nSPS) is 15.8. The molecule has 3 rings (SSSR count). The number of likely N-dealkylation sites (tertiary alicyclic amines) is 1. The molecule has 0 unspecified atom stereocenters. The van der Waals surface area contributed by atoms with Crippen molar-refractivity contribution in [1.82, 2.24) is 4.90 Å². The monoisotopic (exact) mass is 338 g/mol. The average molecular weight is 338 g/mol. The molecule has 0 aliphatic carbocycles. The molecule has 1 saturated heterocycles. The minimum absolute atomic E-state index is 0.0669. The van der Waals surface area contributed by atoms with E-state index in [1.807, 2.05) is 31.2 Å². The van der Waals surface area contributed by atoms with Crippen LogP contribution in [-0.2, 0) is 11.3 Å². The number of nitrogens with zero attached hydrogens (tertiary/aromatic N) is 1. The van der Waals surface area contributed by atoms with Gasteiger partial charge < -0.3 is 10.1 Å². The highest BCUT2D eigenvalue weighted by atomic mass is 16.5. The lowest BCUT2D eigenvalue weighted by Crippen LogP contribution is -2.37. The molecule has 2 aromatic carbocycles. The molecule has 1 amide bonds. The van der Waals surface area contributed by atoms with Crippen molar-refractivity contribution in [3.8, 4) is 5.75 Å². The fourth-order valence-corrected chi connectivity index (χ4v) is 3.35. The van der Waals surface area contributed by atoms with Gasteiger partial charge in [-0.3, -0.25) is 9.69 Å². The Morgan fingerprint density at radius 2 is 1.88 bits per heavy atom. The zero-order valence-corrected chi connectivity index (χ0v) is 15.0. The molecule has 132 valence electrons. The predicted molar refractivity (Wildman–Crippen MR) is 101 cm³/mol. The summed E-state index contributed by atoms with van der Waals surface area (Å²) in [7, 11) is 1.63. The second kappa shape index (κ2) is 8.17. The van der Waals surface area contributed by atoms with E-state index in [-0.39, 0.29) is 11.8 Å². The van der Waals surface area contributed by atoms with Crippen molar-refractivity contribution in [1.29, 1.82) is 0 Å². The Kier molecular flexibility index (Phi) is 5.71. The summed E-state index contributed by atoms with van der Waals surface area (Å²) in [6.07, 6.45) is 1.79. The van der Waals surface area contributed by atoms with Crippen molar-refractivity contribution >= 4 is 11.6 Å². The second-order valence-corrected chi connectivity index (χ2v) is 6.73. The number of rotatable bonds is 5. The van der Waals surface area contributed by atoms with Crippen molar-refractivity contribution in [3.63, 3.8) is 0 Å². The SMILES string of the molecule is COc1ccc(C)cc1NC(=O)C1CCN(Cc2ccccc2)CC1. The molecule has 0 atom stereocenters. The fraction of sp³-hybridized carbons (Fsp3) is 0.381. The first-order chi connectivity index (χ1) is 12.2. The number of piperidine rings is 1. The number of carbonyl (C=O) groups is 1. The molecular formula is C21H26N2O2. The predicted octanol–water partition coefficient (Wildman–Crippen LogP) is 3.85. The van der Waals surface area contributed by atoms with Gasteiger partial charge >= 0.3 is 0 Å². The number of anilines is 1. The van der Waals surface area contributed by atoms with Crippen LogP contribution >= 0.6 is 0 Å².